The van der Waals surface area contributed by atoms with Gasteiger partial charge in [0.2, 0.25) is 0 Å². The average Bonchev–Trinajstić information content (AvgIpc) is 1.90. The second kappa shape index (κ2) is 4.06. The van der Waals surface area contributed by atoms with Crippen molar-refractivity contribution in [2.24, 2.45) is 0 Å². The molecule has 0 spiro atoms. The summed E-state index contributed by atoms with van der Waals surface area (Å²) in [7, 11) is 0. The molecule has 0 aliphatic carbocycles. The summed E-state index contributed by atoms with van der Waals surface area (Å²) >= 11 is 0. The molecular formula is C7H12O3. The van der Waals surface area contributed by atoms with Gasteiger partial charge in [-0.25, -0.2) is 4.79 Å². The van der Waals surface area contributed by atoms with Crippen molar-refractivity contribution in [1.82, 2.24) is 0 Å². The highest BCUT2D eigenvalue weighted by Gasteiger charge is 2.05. The smallest absolute Gasteiger partial charge is 0.331 e. The highest BCUT2D eigenvalue weighted by molar-refractivity contribution is 5.86. The van der Waals surface area contributed by atoms with Crippen LogP contribution in [0.1, 0.15) is 20.3 Å². The van der Waals surface area contributed by atoms with Gasteiger partial charge in [-0.1, -0.05) is 6.92 Å². The number of aliphatic hydroxyl groups is 1. The van der Waals surface area contributed by atoms with Gasteiger partial charge < -0.3 is 10.2 Å². The van der Waals surface area contributed by atoms with E-state index in [0.29, 0.717) is 12.0 Å². The Morgan fingerprint density at radius 3 is 2.10 bits per heavy atom. The molecule has 0 aromatic rings. The number of rotatable bonds is 3. The number of hydrogen-bond acceptors (Lipinski definition) is 2. The van der Waals surface area contributed by atoms with Crippen LogP contribution in [0.5, 0.6) is 0 Å². The Balaban J connectivity index is 4.43. The van der Waals surface area contributed by atoms with Crippen LogP contribution in [0.2, 0.25) is 0 Å². The molecule has 0 aromatic heterocycles. The number of aliphatic carboxylic acids is 1. The van der Waals surface area contributed by atoms with Crippen molar-refractivity contribution in [3.8, 4) is 0 Å². The molecule has 0 rings (SSSR count). The van der Waals surface area contributed by atoms with Crippen LogP contribution in [0.3, 0.4) is 0 Å². The Hall–Kier alpha value is -0.830. The number of hydrogen-bond donors (Lipinski definition) is 2. The van der Waals surface area contributed by atoms with E-state index >= 15 is 0 Å². The predicted octanol–water partition coefficient (Wildman–Crippen LogP) is 0.790. The van der Waals surface area contributed by atoms with Gasteiger partial charge >= 0.3 is 5.97 Å². The molecule has 58 valence electrons. The highest BCUT2D eigenvalue weighted by Crippen LogP contribution is 2.06. The lowest BCUT2D eigenvalue weighted by atomic mass is 10.1. The zero-order valence-electron chi connectivity index (χ0n) is 6.22. The summed E-state index contributed by atoms with van der Waals surface area (Å²) in [6.45, 7) is 3.16. The third-order valence-electron chi connectivity index (χ3n) is 1.47. The van der Waals surface area contributed by atoms with E-state index in [0.717, 1.165) is 0 Å². The molecular weight excluding hydrogens is 132 g/mol. The van der Waals surface area contributed by atoms with Crippen LogP contribution in [0, 0.1) is 0 Å². The third-order valence-corrected chi connectivity index (χ3v) is 1.47. The summed E-state index contributed by atoms with van der Waals surface area (Å²) in [5.41, 5.74) is 0.845. The van der Waals surface area contributed by atoms with Crippen LogP contribution in [0.4, 0.5) is 0 Å². The van der Waals surface area contributed by atoms with Crippen molar-refractivity contribution < 1.29 is 15.0 Å². The van der Waals surface area contributed by atoms with Gasteiger partial charge in [0.1, 0.15) is 0 Å². The average molecular weight is 144 g/mol. The quantitative estimate of drug-likeness (QED) is 0.576. The Morgan fingerprint density at radius 1 is 1.50 bits per heavy atom. The summed E-state index contributed by atoms with van der Waals surface area (Å²) in [4.78, 5) is 10.3. The largest absolute Gasteiger partial charge is 0.478 e. The molecule has 0 amide bonds. The first-order chi connectivity index (χ1) is 4.63. The zero-order valence-corrected chi connectivity index (χ0v) is 6.22. The molecule has 0 aliphatic heterocycles. The van der Waals surface area contributed by atoms with Crippen molar-refractivity contribution in [1.29, 1.82) is 0 Å². The van der Waals surface area contributed by atoms with E-state index in [4.69, 9.17) is 10.2 Å². The fraction of sp³-hybridized carbons (Fsp3) is 0.571. The van der Waals surface area contributed by atoms with Gasteiger partial charge in [-0.3, -0.25) is 0 Å². The molecule has 10 heavy (non-hydrogen) atoms. The SMILES string of the molecule is CCC(CO)=C(C)C(=O)O. The van der Waals surface area contributed by atoms with E-state index in [1.165, 1.54) is 6.92 Å². The normalized spacial score (nSPS) is 12.7. The van der Waals surface area contributed by atoms with Crippen molar-refractivity contribution >= 4 is 5.97 Å². The molecule has 0 aromatic carbocycles. The van der Waals surface area contributed by atoms with Crippen molar-refractivity contribution in [2.45, 2.75) is 20.3 Å². The topological polar surface area (TPSA) is 57.5 Å². The molecule has 0 saturated carbocycles. The molecule has 0 saturated heterocycles. The Labute approximate surface area is 60.0 Å². The van der Waals surface area contributed by atoms with Crippen LogP contribution >= 0.6 is 0 Å². The van der Waals surface area contributed by atoms with E-state index in [-0.39, 0.29) is 12.2 Å². The molecule has 0 unspecified atom stereocenters. The Bertz CT molecular complexity index is 152. The first kappa shape index (κ1) is 9.17. The molecule has 0 atom stereocenters. The zero-order chi connectivity index (χ0) is 8.15. The number of carboxylic acids is 1. The Kier molecular flexibility index (Phi) is 3.72. The molecule has 3 heteroatoms. The fourth-order valence-electron chi connectivity index (χ4n) is 0.647. The van der Waals surface area contributed by atoms with E-state index in [2.05, 4.69) is 0 Å². The molecule has 3 nitrogen and oxygen atoms in total. The maximum absolute atomic E-state index is 10.3. The van der Waals surface area contributed by atoms with Crippen LogP contribution in [-0.2, 0) is 4.79 Å². The van der Waals surface area contributed by atoms with Gasteiger partial charge in [-0.05, 0) is 18.9 Å². The molecule has 2 N–H and O–H groups in total. The minimum atomic E-state index is -0.953. The van der Waals surface area contributed by atoms with E-state index in [1.807, 2.05) is 6.92 Å². The van der Waals surface area contributed by atoms with Crippen molar-refractivity contribution in [2.75, 3.05) is 6.61 Å². The molecule has 0 heterocycles. The van der Waals surface area contributed by atoms with Crippen molar-refractivity contribution in [3.63, 3.8) is 0 Å². The number of aliphatic hydroxyl groups excluding tert-OH is 1. The van der Waals surface area contributed by atoms with Gasteiger partial charge in [0.25, 0.3) is 0 Å². The second-order valence-electron chi connectivity index (χ2n) is 2.05. The van der Waals surface area contributed by atoms with Crippen LogP contribution in [0.15, 0.2) is 11.1 Å². The molecule has 0 fully saturated rings. The van der Waals surface area contributed by atoms with Gasteiger partial charge in [0.05, 0.1) is 6.61 Å². The minimum Gasteiger partial charge on any atom is -0.478 e. The van der Waals surface area contributed by atoms with Gasteiger partial charge in [0, 0.05) is 5.57 Å². The van der Waals surface area contributed by atoms with E-state index < -0.39 is 5.97 Å². The fourth-order valence-corrected chi connectivity index (χ4v) is 0.647. The summed E-state index contributed by atoms with van der Waals surface area (Å²) in [5, 5.41) is 17.1. The first-order valence-corrected chi connectivity index (χ1v) is 3.16. The standard InChI is InChI=1S/C7H12O3/c1-3-6(4-8)5(2)7(9)10/h8H,3-4H2,1-2H3,(H,9,10). The van der Waals surface area contributed by atoms with Crippen LogP contribution in [-0.4, -0.2) is 22.8 Å². The third kappa shape index (κ3) is 2.19. The number of carbonyl (C=O) groups is 1. The van der Waals surface area contributed by atoms with Crippen LogP contribution < -0.4 is 0 Å². The molecule has 0 bridgehead atoms. The van der Waals surface area contributed by atoms with E-state index in [1.54, 1.807) is 0 Å². The summed E-state index contributed by atoms with van der Waals surface area (Å²) in [6, 6.07) is 0. The monoisotopic (exact) mass is 144 g/mol. The second-order valence-corrected chi connectivity index (χ2v) is 2.05. The predicted molar refractivity (Wildman–Crippen MR) is 37.7 cm³/mol. The Morgan fingerprint density at radius 2 is 2.00 bits per heavy atom. The minimum absolute atomic E-state index is 0.158. The maximum Gasteiger partial charge on any atom is 0.331 e. The number of carboxylic acid groups (broad SMARTS) is 1. The van der Waals surface area contributed by atoms with Gasteiger partial charge in [0.15, 0.2) is 0 Å². The maximum atomic E-state index is 10.3. The highest BCUT2D eigenvalue weighted by atomic mass is 16.4. The lowest BCUT2D eigenvalue weighted by Gasteiger charge is -2.01. The van der Waals surface area contributed by atoms with Gasteiger partial charge in [-0.2, -0.15) is 0 Å². The lowest BCUT2D eigenvalue weighted by molar-refractivity contribution is -0.132. The lowest BCUT2D eigenvalue weighted by Crippen LogP contribution is -2.03. The van der Waals surface area contributed by atoms with E-state index in [9.17, 15) is 4.79 Å². The first-order valence-electron chi connectivity index (χ1n) is 3.16. The van der Waals surface area contributed by atoms with Crippen LogP contribution in [0.25, 0.3) is 0 Å². The summed E-state index contributed by atoms with van der Waals surface area (Å²) in [6.07, 6.45) is 0.592. The van der Waals surface area contributed by atoms with Gasteiger partial charge in [-0.15, -0.1) is 0 Å². The van der Waals surface area contributed by atoms with Crippen molar-refractivity contribution in [3.05, 3.63) is 11.1 Å². The summed E-state index contributed by atoms with van der Waals surface area (Å²) in [5.74, 6) is -0.953. The molecule has 0 radical (unpaired) electrons. The summed E-state index contributed by atoms with van der Waals surface area (Å²) < 4.78 is 0. The molecule has 0 aliphatic rings.